The largest absolute Gasteiger partial charge is 0.394 e. The maximum Gasteiger partial charge on any atom is 0.167 e. The molecular weight excluding hydrogens is 1020 g/mol. The van der Waals surface area contributed by atoms with Crippen molar-refractivity contribution in [3.8, 4) is 6.07 Å². The van der Waals surface area contributed by atoms with Gasteiger partial charge in [-0.3, -0.25) is 5.41 Å². The normalized spacial score (nSPS) is 31.4. The Balaban J connectivity index is 0.000000140. The molecule has 0 bridgehead atoms. The molecule has 3 fully saturated rings. The second-order valence-corrected chi connectivity index (χ2v) is 18.3. The van der Waals surface area contributed by atoms with Crippen molar-refractivity contribution in [3.05, 3.63) is 64.1 Å². The lowest BCUT2D eigenvalue weighted by molar-refractivity contribution is -0.0955. The van der Waals surface area contributed by atoms with Gasteiger partial charge in [0.1, 0.15) is 106 Å². The molecule has 3 unspecified atom stereocenters. The number of allylic oxidation sites excluding steroid dienone is 1. The summed E-state index contributed by atoms with van der Waals surface area (Å²) < 4.78 is 22.4. The number of hydrogen-bond acceptors (Lipinski definition) is 23. The number of aliphatic hydroxyl groups is 9. The molecule has 0 aromatic carbocycles. The minimum atomic E-state index is -1.66. The summed E-state index contributed by atoms with van der Waals surface area (Å²) in [6.07, 6.45) is 2.74. The van der Waals surface area contributed by atoms with E-state index in [0.29, 0.717) is 50.5 Å². The van der Waals surface area contributed by atoms with Crippen molar-refractivity contribution in [1.82, 2.24) is 38.6 Å². The Labute approximate surface area is 403 Å². The summed E-state index contributed by atoms with van der Waals surface area (Å²) in [6, 6.07) is 5.19. The highest BCUT2D eigenvalue weighted by Gasteiger charge is 2.55. The van der Waals surface area contributed by atoms with Gasteiger partial charge in [0, 0.05) is 39.2 Å². The first-order valence-electron chi connectivity index (χ1n) is 21.1. The summed E-state index contributed by atoms with van der Waals surface area (Å²) in [5.41, 5.74) is 8.52. The van der Waals surface area contributed by atoms with Crippen LogP contribution in [0.5, 0.6) is 0 Å². The van der Waals surface area contributed by atoms with Crippen LogP contribution in [0.3, 0.4) is 0 Å². The van der Waals surface area contributed by atoms with E-state index in [1.165, 1.54) is 50.4 Å². The molecule has 366 valence electrons. The summed E-state index contributed by atoms with van der Waals surface area (Å²) in [6.45, 7) is 3.10. The van der Waals surface area contributed by atoms with Crippen molar-refractivity contribution >= 4 is 91.1 Å². The fraction of sp³-hybridized carbons (Fsp3) is 0.429. The second kappa shape index (κ2) is 18.8. The molecule has 12 atom stereocenters. The van der Waals surface area contributed by atoms with Crippen LogP contribution in [-0.2, 0) is 14.2 Å². The van der Waals surface area contributed by atoms with E-state index in [1.54, 1.807) is 45.9 Å². The van der Waals surface area contributed by atoms with Gasteiger partial charge in [-0.05, 0) is 61.6 Å². The predicted octanol–water partition coefficient (Wildman–Crippen LogP) is -1.23. The number of ether oxygens (including phenoxy) is 3. The number of nitrogens with two attached hydrogens (primary N) is 2. The summed E-state index contributed by atoms with van der Waals surface area (Å²) >= 11 is 2.09. The molecule has 0 spiro atoms. The van der Waals surface area contributed by atoms with E-state index < -0.39 is 85.3 Å². The number of nitrogens with zero attached hydrogens (tertiary/aromatic N) is 10. The van der Waals surface area contributed by atoms with Gasteiger partial charge in [-0.2, -0.15) is 5.26 Å². The lowest BCUT2D eigenvalue weighted by atomic mass is 9.96. The third-order valence-electron chi connectivity index (χ3n) is 12.5. The molecule has 6 aromatic rings. The van der Waals surface area contributed by atoms with Crippen LogP contribution in [0.2, 0.25) is 0 Å². The van der Waals surface area contributed by atoms with Crippen molar-refractivity contribution in [2.75, 3.05) is 36.6 Å². The molecule has 10 rings (SSSR count). The monoisotopic (exact) mass is 1070 g/mol. The zero-order chi connectivity index (χ0) is 49.9. The number of fused-ring (bicyclic) bond motifs is 2. The van der Waals surface area contributed by atoms with E-state index in [1.807, 2.05) is 6.07 Å². The van der Waals surface area contributed by atoms with E-state index in [9.17, 15) is 46.0 Å². The average molecular weight is 1070 g/mol. The third kappa shape index (κ3) is 8.45. The highest BCUT2D eigenvalue weighted by molar-refractivity contribution is 14.1. The maximum atomic E-state index is 10.7. The average Bonchev–Trinajstić information content (AvgIpc) is 4.10. The van der Waals surface area contributed by atoms with Crippen molar-refractivity contribution < 1.29 is 60.2 Å². The van der Waals surface area contributed by atoms with Gasteiger partial charge < -0.3 is 90.7 Å². The Hall–Kier alpha value is -5.85. The summed E-state index contributed by atoms with van der Waals surface area (Å²) in [5.74, 6) is 1.53. The number of aliphatic imine (C=N–C) groups is 1. The van der Waals surface area contributed by atoms with E-state index in [0.717, 1.165) is 8.96 Å². The minimum absolute atomic E-state index is 0.112. The molecule has 0 radical (unpaired) electrons. The SMILES string of the molecule is C[C@]1(O)C(n2cc(C=CC#N)c3c(N)ncnc32)O[C@H](CO)[C@H]1O.C[C@]1(O)C(n2cc(I)c3c(N)ncnc32)O[C@H](CO)[C@H]1O.C[C@]1(O)C(n2cc3ccc(=N)nc4c3c2N=CN4)O[C@H](CO)[C@H]1O. The van der Waals surface area contributed by atoms with Crippen LogP contribution in [0.25, 0.3) is 38.9 Å². The molecule has 4 aliphatic heterocycles. The maximum absolute atomic E-state index is 10.7. The third-order valence-corrected chi connectivity index (χ3v) is 13.3. The molecule has 26 nitrogen and oxygen atoms in total. The number of rotatable bonds is 7. The van der Waals surface area contributed by atoms with E-state index in [2.05, 4.69) is 57.8 Å². The summed E-state index contributed by atoms with van der Waals surface area (Å²) in [7, 11) is 0. The molecule has 10 heterocycles. The molecule has 0 saturated carbocycles. The summed E-state index contributed by atoms with van der Waals surface area (Å²) in [5, 5.41) is 112. The molecule has 69 heavy (non-hydrogen) atoms. The molecule has 0 aliphatic carbocycles. The Kier molecular flexibility index (Phi) is 13.5. The van der Waals surface area contributed by atoms with E-state index in [4.69, 9.17) is 36.3 Å². The molecule has 4 aliphatic rings. The van der Waals surface area contributed by atoms with Crippen LogP contribution < -0.4 is 22.3 Å². The fourth-order valence-electron chi connectivity index (χ4n) is 8.84. The zero-order valence-electron chi connectivity index (χ0n) is 36.8. The van der Waals surface area contributed by atoms with Gasteiger partial charge in [-0.1, -0.05) is 0 Å². The molecule has 0 amide bonds. The topological polar surface area (TPSA) is 413 Å². The van der Waals surface area contributed by atoms with Crippen LogP contribution in [0.15, 0.2) is 54.4 Å². The molecule has 27 heteroatoms. The van der Waals surface area contributed by atoms with Gasteiger partial charge in [0.2, 0.25) is 0 Å². The second-order valence-electron chi connectivity index (χ2n) is 17.2. The van der Waals surface area contributed by atoms with Gasteiger partial charge in [-0.15, -0.1) is 0 Å². The van der Waals surface area contributed by atoms with Crippen LogP contribution in [0.1, 0.15) is 45.0 Å². The number of nitrogen functional groups attached to an aromatic ring is 2. The van der Waals surface area contributed by atoms with Crippen molar-refractivity contribution in [3.63, 3.8) is 0 Å². The Morgan fingerprint density at radius 1 is 0.754 bits per heavy atom. The Bertz CT molecular complexity index is 3080. The first-order valence-corrected chi connectivity index (χ1v) is 22.1. The number of aromatic nitrogens is 8. The minimum Gasteiger partial charge on any atom is -0.394 e. The first-order chi connectivity index (χ1) is 32.7. The zero-order valence-corrected chi connectivity index (χ0v) is 39.0. The van der Waals surface area contributed by atoms with E-state index >= 15 is 0 Å². The van der Waals surface area contributed by atoms with Crippen LogP contribution in [0, 0.1) is 20.3 Å². The number of hydrogen-bond donors (Lipinski definition) is 13. The van der Waals surface area contributed by atoms with Crippen molar-refractivity contribution in [2.24, 2.45) is 4.99 Å². The standard InChI is InChI=1S/2C15H17N5O4.C12H15IN4O4/c1-15(23)11(22)8(5-21)24-14(15)20-4-7-2-3-9(16)19-12-10(7)13(20)18-6-17-12;1-15(23)11(22)9(6-21)24-14(15)20-5-8(3-2-4-16)10-12(17)18-7-19-13(10)20;1-12(20)8(19)6(3-18)21-11(12)17-2-5(13)7-9(14)15-4-16-10(7)17/h2-4,6,8,11,14,21-23H,5H2,1H3,(H2,16,17,18,19);2-3,5,7,9,11,14,21-23H,6H2,1H3,(H2,17,18,19);2,4,6,8,11,18-20H,3H2,1H3,(H2,14,15,16)/t8-,11-,14?,15-;9-,11-,14?,15-;6-,8-,11?,12-/m111/s1. The number of nitrogens with one attached hydrogen (secondary N) is 2. The van der Waals surface area contributed by atoms with Gasteiger partial charge in [0.15, 0.2) is 18.7 Å². The first kappa shape index (κ1) is 49.6. The van der Waals surface area contributed by atoms with Gasteiger partial charge in [0.25, 0.3) is 0 Å². The summed E-state index contributed by atoms with van der Waals surface area (Å²) in [4.78, 5) is 24.7. The Morgan fingerprint density at radius 3 is 1.75 bits per heavy atom. The van der Waals surface area contributed by atoms with Crippen LogP contribution in [-0.4, -0.2) is 164 Å². The number of nitriles is 1. The van der Waals surface area contributed by atoms with Gasteiger partial charge >= 0.3 is 0 Å². The van der Waals surface area contributed by atoms with Crippen molar-refractivity contribution in [2.45, 2.75) is 92.9 Å². The van der Waals surface area contributed by atoms with Crippen LogP contribution in [0.4, 0.5) is 23.3 Å². The number of anilines is 3. The fourth-order valence-corrected chi connectivity index (χ4v) is 9.65. The quantitative estimate of drug-likeness (QED) is 0.0658. The molecule has 3 saturated heterocycles. The lowest BCUT2D eigenvalue weighted by Gasteiger charge is -2.28. The highest BCUT2D eigenvalue weighted by Crippen LogP contribution is 2.45. The van der Waals surface area contributed by atoms with E-state index in [-0.39, 0.29) is 17.9 Å². The van der Waals surface area contributed by atoms with Gasteiger partial charge in [-0.25, -0.2) is 29.9 Å². The number of halogens is 1. The molecular formula is C42H49IN14O12. The van der Waals surface area contributed by atoms with Crippen LogP contribution >= 0.6 is 22.6 Å². The molecule has 6 aromatic heterocycles. The van der Waals surface area contributed by atoms with Gasteiger partial charge in [0.05, 0.1) is 48.4 Å². The molecule has 15 N–H and O–H groups in total. The number of aliphatic hydroxyl groups excluding tert-OH is 6. The predicted molar refractivity (Wildman–Crippen MR) is 251 cm³/mol. The van der Waals surface area contributed by atoms with Crippen molar-refractivity contribution in [1.29, 1.82) is 10.7 Å². The smallest absolute Gasteiger partial charge is 0.167 e. The lowest BCUT2D eigenvalue weighted by Crippen LogP contribution is -2.44. The Morgan fingerprint density at radius 2 is 1.25 bits per heavy atom. The highest BCUT2D eigenvalue weighted by atomic mass is 127.